The number of hydrogen-bond donors (Lipinski definition) is 0. The first kappa shape index (κ1) is 27.8. The first-order chi connectivity index (χ1) is 18.6. The van der Waals surface area contributed by atoms with Gasteiger partial charge in [0.25, 0.3) is 0 Å². The van der Waals surface area contributed by atoms with E-state index in [9.17, 15) is 0 Å². The summed E-state index contributed by atoms with van der Waals surface area (Å²) in [4.78, 5) is 5.19. The Kier molecular flexibility index (Phi) is 9.52. The standard InChI is InChI=1S/C30H50N6O2/c1-5-35(6-2)25-16-12-21(13-17-25)27-31-33-29(37-27)23-10-9-11-24(20-23)30-34-32-28(38-30)22-14-18-26(19-15-22)36(7-3)8-4/h21-26H,5-20H2,1-4H3. The molecule has 0 radical (unpaired) electrons. The summed E-state index contributed by atoms with van der Waals surface area (Å²) >= 11 is 0. The van der Waals surface area contributed by atoms with E-state index in [1.54, 1.807) is 0 Å². The van der Waals surface area contributed by atoms with Crippen molar-refractivity contribution in [2.75, 3.05) is 26.2 Å². The third kappa shape index (κ3) is 6.16. The van der Waals surface area contributed by atoms with E-state index in [1.807, 2.05) is 0 Å². The fourth-order valence-electron chi connectivity index (χ4n) is 7.65. The molecule has 2 heterocycles. The Labute approximate surface area is 229 Å². The van der Waals surface area contributed by atoms with Crippen LogP contribution in [-0.4, -0.2) is 68.5 Å². The molecule has 38 heavy (non-hydrogen) atoms. The van der Waals surface area contributed by atoms with E-state index in [0.717, 1.165) is 101 Å². The summed E-state index contributed by atoms with van der Waals surface area (Å²) in [5, 5.41) is 18.2. The van der Waals surface area contributed by atoms with Gasteiger partial charge in [-0.1, -0.05) is 34.1 Å². The average Bonchev–Trinajstić information content (AvgIpc) is 3.66. The van der Waals surface area contributed by atoms with Gasteiger partial charge in [-0.05, 0) is 96.8 Å². The molecule has 2 unspecified atom stereocenters. The van der Waals surface area contributed by atoms with Gasteiger partial charge in [0, 0.05) is 35.8 Å². The maximum Gasteiger partial charge on any atom is 0.219 e. The Morgan fingerprint density at radius 3 is 1.18 bits per heavy atom. The van der Waals surface area contributed by atoms with Crippen LogP contribution < -0.4 is 0 Å². The Morgan fingerprint density at radius 2 is 0.842 bits per heavy atom. The monoisotopic (exact) mass is 526 g/mol. The van der Waals surface area contributed by atoms with Crippen LogP contribution in [0.5, 0.6) is 0 Å². The van der Waals surface area contributed by atoms with Gasteiger partial charge >= 0.3 is 0 Å². The predicted molar refractivity (Wildman–Crippen MR) is 148 cm³/mol. The first-order valence-corrected chi connectivity index (χ1v) is 15.8. The zero-order valence-corrected chi connectivity index (χ0v) is 24.3. The molecular weight excluding hydrogens is 476 g/mol. The molecule has 8 nitrogen and oxygen atoms in total. The van der Waals surface area contributed by atoms with E-state index in [1.165, 1.54) is 25.7 Å². The normalized spacial score (nSPS) is 30.8. The zero-order valence-electron chi connectivity index (χ0n) is 24.3. The van der Waals surface area contributed by atoms with E-state index in [-0.39, 0.29) is 0 Å². The van der Waals surface area contributed by atoms with E-state index in [0.29, 0.717) is 35.8 Å². The predicted octanol–water partition coefficient (Wildman–Crippen LogP) is 6.63. The molecular formula is C30H50N6O2. The zero-order chi connectivity index (χ0) is 26.5. The van der Waals surface area contributed by atoms with E-state index >= 15 is 0 Å². The molecule has 8 heteroatoms. The second-order valence-electron chi connectivity index (χ2n) is 12.0. The van der Waals surface area contributed by atoms with Gasteiger partial charge in [-0.2, -0.15) is 0 Å². The topological polar surface area (TPSA) is 84.3 Å². The largest absolute Gasteiger partial charge is 0.425 e. The Bertz CT molecular complexity index is 891. The van der Waals surface area contributed by atoms with Crippen molar-refractivity contribution in [3.63, 3.8) is 0 Å². The molecule has 212 valence electrons. The van der Waals surface area contributed by atoms with Gasteiger partial charge in [-0.25, -0.2) is 0 Å². The van der Waals surface area contributed by atoms with Crippen molar-refractivity contribution < 1.29 is 8.83 Å². The van der Waals surface area contributed by atoms with Gasteiger partial charge in [-0.3, -0.25) is 0 Å². The van der Waals surface area contributed by atoms with Crippen LogP contribution >= 0.6 is 0 Å². The number of hydrogen-bond acceptors (Lipinski definition) is 8. The van der Waals surface area contributed by atoms with Crippen LogP contribution in [0.25, 0.3) is 0 Å². The van der Waals surface area contributed by atoms with Crippen LogP contribution in [0.3, 0.4) is 0 Å². The van der Waals surface area contributed by atoms with Crippen molar-refractivity contribution in [3.8, 4) is 0 Å². The van der Waals surface area contributed by atoms with Gasteiger partial charge in [0.05, 0.1) is 0 Å². The number of nitrogens with zero attached hydrogens (tertiary/aromatic N) is 6. The Hall–Kier alpha value is -1.80. The smallest absolute Gasteiger partial charge is 0.219 e. The summed E-state index contributed by atoms with van der Waals surface area (Å²) in [6, 6.07) is 1.42. The molecule has 0 N–H and O–H groups in total. The molecule has 3 aliphatic rings. The van der Waals surface area contributed by atoms with Gasteiger partial charge in [0.2, 0.25) is 23.6 Å². The lowest BCUT2D eigenvalue weighted by Gasteiger charge is -2.34. The summed E-state index contributed by atoms with van der Waals surface area (Å²) in [5.41, 5.74) is 0. The van der Waals surface area contributed by atoms with Crippen molar-refractivity contribution in [1.29, 1.82) is 0 Å². The molecule has 2 aromatic rings. The third-order valence-corrected chi connectivity index (χ3v) is 10.0. The van der Waals surface area contributed by atoms with E-state index < -0.39 is 0 Å². The van der Waals surface area contributed by atoms with Crippen LogP contribution in [0, 0.1) is 0 Å². The Balaban J connectivity index is 1.15. The van der Waals surface area contributed by atoms with E-state index in [2.05, 4.69) is 57.9 Å². The fraction of sp³-hybridized carbons (Fsp3) is 0.867. The lowest BCUT2D eigenvalue weighted by atomic mass is 9.81. The SMILES string of the molecule is CCN(CC)C1CCC(c2nnc(C3CCCC(c4nnc(C5CCC(N(CC)CC)CC5)o4)C3)o2)CC1. The molecule has 0 bridgehead atoms. The van der Waals surface area contributed by atoms with Crippen molar-refractivity contribution in [2.24, 2.45) is 0 Å². The highest BCUT2D eigenvalue weighted by Crippen LogP contribution is 2.43. The minimum absolute atomic E-state index is 0.293. The molecule has 0 saturated heterocycles. The highest BCUT2D eigenvalue weighted by Gasteiger charge is 2.34. The fourth-order valence-corrected chi connectivity index (χ4v) is 7.65. The van der Waals surface area contributed by atoms with Gasteiger partial charge in [0.15, 0.2) is 0 Å². The third-order valence-electron chi connectivity index (χ3n) is 10.0. The molecule has 3 aliphatic carbocycles. The lowest BCUT2D eigenvalue weighted by Crippen LogP contribution is -2.37. The van der Waals surface area contributed by atoms with Crippen molar-refractivity contribution in [1.82, 2.24) is 30.2 Å². The van der Waals surface area contributed by atoms with Gasteiger partial charge in [-0.15, -0.1) is 20.4 Å². The van der Waals surface area contributed by atoms with E-state index in [4.69, 9.17) is 8.83 Å². The highest BCUT2D eigenvalue weighted by atomic mass is 16.4. The summed E-state index contributed by atoms with van der Waals surface area (Å²) in [7, 11) is 0. The summed E-state index contributed by atoms with van der Waals surface area (Å²) in [6.07, 6.45) is 13.8. The number of rotatable bonds is 10. The second kappa shape index (κ2) is 13.0. The van der Waals surface area contributed by atoms with Gasteiger partial charge < -0.3 is 18.6 Å². The molecule has 0 aliphatic heterocycles. The van der Waals surface area contributed by atoms with Crippen molar-refractivity contribution >= 4 is 0 Å². The minimum atomic E-state index is 0.293. The molecule has 5 rings (SSSR count). The first-order valence-electron chi connectivity index (χ1n) is 15.8. The molecule has 2 atom stereocenters. The molecule has 0 amide bonds. The lowest BCUT2D eigenvalue weighted by molar-refractivity contribution is 0.157. The number of aromatic nitrogens is 4. The highest BCUT2D eigenvalue weighted by molar-refractivity contribution is 5.05. The minimum Gasteiger partial charge on any atom is -0.425 e. The molecule has 0 aromatic carbocycles. The van der Waals surface area contributed by atoms with Crippen LogP contribution in [0.1, 0.15) is 152 Å². The second-order valence-corrected chi connectivity index (χ2v) is 12.0. The maximum absolute atomic E-state index is 6.34. The van der Waals surface area contributed by atoms with Crippen LogP contribution in [0.2, 0.25) is 0 Å². The van der Waals surface area contributed by atoms with Gasteiger partial charge in [0.1, 0.15) is 0 Å². The van der Waals surface area contributed by atoms with Crippen molar-refractivity contribution in [2.45, 2.75) is 141 Å². The molecule has 2 aromatic heterocycles. The summed E-state index contributed by atoms with van der Waals surface area (Å²) in [6.45, 7) is 13.6. The average molecular weight is 527 g/mol. The molecule has 0 spiro atoms. The maximum atomic E-state index is 6.34. The van der Waals surface area contributed by atoms with Crippen LogP contribution in [0.15, 0.2) is 8.83 Å². The summed E-state index contributed by atoms with van der Waals surface area (Å²) < 4.78 is 12.7. The Morgan fingerprint density at radius 1 is 0.500 bits per heavy atom. The quantitative estimate of drug-likeness (QED) is 0.341. The van der Waals surface area contributed by atoms with Crippen LogP contribution in [-0.2, 0) is 0 Å². The summed E-state index contributed by atoms with van der Waals surface area (Å²) in [5.74, 6) is 4.79. The van der Waals surface area contributed by atoms with Crippen molar-refractivity contribution in [3.05, 3.63) is 23.6 Å². The molecule has 3 fully saturated rings. The molecule has 3 saturated carbocycles. The van der Waals surface area contributed by atoms with Crippen LogP contribution in [0.4, 0.5) is 0 Å².